The van der Waals surface area contributed by atoms with Crippen LogP contribution in [0, 0.1) is 11.7 Å². The molecule has 0 spiro atoms. The maximum atomic E-state index is 13.3. The molecule has 0 radical (unpaired) electrons. The molecule has 2 N–H and O–H groups in total. The minimum absolute atomic E-state index is 0.0448. The van der Waals surface area contributed by atoms with Gasteiger partial charge in [-0.05, 0) is 31.0 Å². The van der Waals surface area contributed by atoms with E-state index < -0.39 is 5.82 Å². The first kappa shape index (κ1) is 19.8. The second kappa shape index (κ2) is 9.82. The van der Waals surface area contributed by atoms with E-state index in [9.17, 15) is 14.0 Å². The molecule has 1 aromatic heterocycles. The summed E-state index contributed by atoms with van der Waals surface area (Å²) in [4.78, 5) is 28.2. The van der Waals surface area contributed by atoms with Crippen LogP contribution >= 0.6 is 0 Å². The van der Waals surface area contributed by atoms with Crippen molar-refractivity contribution in [2.24, 2.45) is 5.92 Å². The van der Waals surface area contributed by atoms with Crippen LogP contribution in [0.25, 0.3) is 0 Å². The predicted octanol–water partition coefficient (Wildman–Crippen LogP) is 3.33. The van der Waals surface area contributed by atoms with Crippen LogP contribution in [0.3, 0.4) is 0 Å². The summed E-state index contributed by atoms with van der Waals surface area (Å²) in [5, 5.41) is 5.63. The van der Waals surface area contributed by atoms with Crippen LogP contribution < -0.4 is 15.4 Å². The summed E-state index contributed by atoms with van der Waals surface area (Å²) in [7, 11) is 0. The third-order valence-electron chi connectivity index (χ3n) is 4.71. The Hall–Kier alpha value is -2.96. The number of halogens is 1. The van der Waals surface area contributed by atoms with Gasteiger partial charge in [0.05, 0.1) is 0 Å². The summed E-state index contributed by atoms with van der Waals surface area (Å²) in [6, 6.07) is 9.30. The number of nitrogens with zero attached hydrogens (tertiary/aromatic N) is 1. The molecule has 28 heavy (non-hydrogen) atoms. The van der Waals surface area contributed by atoms with Gasteiger partial charge in [0.25, 0.3) is 0 Å². The summed E-state index contributed by atoms with van der Waals surface area (Å²) >= 11 is 0. The molecule has 2 amide bonds. The standard InChI is InChI=1S/C21H24FN3O3/c22-17-8-3-9-18(13-17)28-21-16(7-4-11-24-21)14-25-19(26)10-12-23-20(27)15-5-1-2-6-15/h3-4,7-9,11,13,15H,1-2,5-6,10,12,14H2,(H,23,27)(H,25,26). The zero-order valence-electron chi connectivity index (χ0n) is 15.6. The monoisotopic (exact) mass is 385 g/mol. The fourth-order valence-corrected chi connectivity index (χ4v) is 3.21. The van der Waals surface area contributed by atoms with E-state index in [2.05, 4.69) is 15.6 Å². The van der Waals surface area contributed by atoms with Crippen molar-refractivity contribution in [2.45, 2.75) is 38.6 Å². The van der Waals surface area contributed by atoms with Crippen molar-refractivity contribution in [1.29, 1.82) is 0 Å². The Morgan fingerprint density at radius 3 is 2.75 bits per heavy atom. The normalized spacial score (nSPS) is 13.9. The number of hydrogen-bond donors (Lipinski definition) is 2. The van der Waals surface area contributed by atoms with Crippen LogP contribution in [0.4, 0.5) is 4.39 Å². The molecule has 1 aliphatic carbocycles. The highest BCUT2D eigenvalue weighted by atomic mass is 19.1. The number of ether oxygens (including phenoxy) is 1. The SMILES string of the molecule is O=C(CCNC(=O)C1CCCC1)NCc1cccnc1Oc1cccc(F)c1. The molecular formula is C21H24FN3O3. The van der Waals surface area contributed by atoms with E-state index in [0.717, 1.165) is 25.7 Å². The summed E-state index contributed by atoms with van der Waals surface area (Å²) in [6.45, 7) is 0.550. The molecule has 3 rings (SSSR count). The van der Waals surface area contributed by atoms with Crippen LogP contribution in [0.15, 0.2) is 42.6 Å². The van der Waals surface area contributed by atoms with E-state index in [-0.39, 0.29) is 30.7 Å². The van der Waals surface area contributed by atoms with E-state index in [1.165, 1.54) is 12.1 Å². The topological polar surface area (TPSA) is 80.3 Å². The third-order valence-corrected chi connectivity index (χ3v) is 4.71. The number of pyridine rings is 1. The smallest absolute Gasteiger partial charge is 0.224 e. The van der Waals surface area contributed by atoms with Crippen molar-refractivity contribution in [3.05, 3.63) is 54.0 Å². The molecule has 1 aliphatic rings. The van der Waals surface area contributed by atoms with Crippen molar-refractivity contribution in [3.8, 4) is 11.6 Å². The van der Waals surface area contributed by atoms with Gasteiger partial charge in [0.1, 0.15) is 11.6 Å². The average Bonchev–Trinajstić information content (AvgIpc) is 3.22. The lowest BCUT2D eigenvalue weighted by Gasteiger charge is -2.12. The Morgan fingerprint density at radius 2 is 1.96 bits per heavy atom. The van der Waals surface area contributed by atoms with Gasteiger partial charge in [-0.15, -0.1) is 0 Å². The molecular weight excluding hydrogens is 361 g/mol. The van der Waals surface area contributed by atoms with E-state index in [4.69, 9.17) is 4.74 Å². The van der Waals surface area contributed by atoms with Crippen molar-refractivity contribution in [1.82, 2.24) is 15.6 Å². The Labute approximate surface area is 163 Å². The highest BCUT2D eigenvalue weighted by molar-refractivity contribution is 5.80. The van der Waals surface area contributed by atoms with E-state index in [1.54, 1.807) is 30.5 Å². The minimum Gasteiger partial charge on any atom is -0.439 e. The van der Waals surface area contributed by atoms with Crippen molar-refractivity contribution >= 4 is 11.8 Å². The second-order valence-electron chi connectivity index (χ2n) is 6.83. The maximum Gasteiger partial charge on any atom is 0.224 e. The molecule has 0 atom stereocenters. The highest BCUT2D eigenvalue weighted by Crippen LogP contribution is 2.25. The molecule has 0 saturated heterocycles. The van der Waals surface area contributed by atoms with Gasteiger partial charge < -0.3 is 15.4 Å². The first-order valence-corrected chi connectivity index (χ1v) is 9.53. The summed E-state index contributed by atoms with van der Waals surface area (Å²) in [5.74, 6) is 0.211. The summed E-state index contributed by atoms with van der Waals surface area (Å²) in [6.07, 6.45) is 5.85. The van der Waals surface area contributed by atoms with Gasteiger partial charge in [0, 0.05) is 43.3 Å². The zero-order chi connectivity index (χ0) is 19.8. The first-order chi connectivity index (χ1) is 13.6. The predicted molar refractivity (Wildman–Crippen MR) is 102 cm³/mol. The molecule has 6 nitrogen and oxygen atoms in total. The number of nitrogens with one attached hydrogen (secondary N) is 2. The Kier molecular flexibility index (Phi) is 6.94. The zero-order valence-corrected chi connectivity index (χ0v) is 15.6. The van der Waals surface area contributed by atoms with E-state index >= 15 is 0 Å². The summed E-state index contributed by atoms with van der Waals surface area (Å²) in [5.41, 5.74) is 0.676. The minimum atomic E-state index is -0.400. The molecule has 0 bridgehead atoms. The average molecular weight is 385 g/mol. The van der Waals surface area contributed by atoms with Crippen LogP contribution in [0.5, 0.6) is 11.6 Å². The number of hydrogen-bond acceptors (Lipinski definition) is 4. The lowest BCUT2D eigenvalue weighted by atomic mass is 10.1. The lowest BCUT2D eigenvalue weighted by molar-refractivity contribution is -0.125. The van der Waals surface area contributed by atoms with Crippen molar-refractivity contribution in [2.75, 3.05) is 6.54 Å². The molecule has 1 aromatic carbocycles. The van der Waals surface area contributed by atoms with Gasteiger partial charge in [-0.1, -0.05) is 25.0 Å². The van der Waals surface area contributed by atoms with Gasteiger partial charge >= 0.3 is 0 Å². The second-order valence-corrected chi connectivity index (χ2v) is 6.83. The molecule has 0 aliphatic heterocycles. The number of amides is 2. The summed E-state index contributed by atoms with van der Waals surface area (Å²) < 4.78 is 18.9. The molecule has 0 unspecified atom stereocenters. The number of carbonyl (C=O) groups is 2. The van der Waals surface area contributed by atoms with Crippen LogP contribution in [-0.2, 0) is 16.1 Å². The highest BCUT2D eigenvalue weighted by Gasteiger charge is 2.22. The van der Waals surface area contributed by atoms with E-state index in [0.29, 0.717) is 23.7 Å². The van der Waals surface area contributed by atoms with Gasteiger partial charge in [-0.2, -0.15) is 0 Å². The number of aromatic nitrogens is 1. The van der Waals surface area contributed by atoms with Crippen LogP contribution in [-0.4, -0.2) is 23.3 Å². The number of rotatable bonds is 8. The first-order valence-electron chi connectivity index (χ1n) is 9.53. The maximum absolute atomic E-state index is 13.3. The van der Waals surface area contributed by atoms with Crippen LogP contribution in [0.2, 0.25) is 0 Å². The fourth-order valence-electron chi connectivity index (χ4n) is 3.21. The Balaban J connectivity index is 1.46. The third kappa shape index (κ3) is 5.77. The van der Waals surface area contributed by atoms with Crippen LogP contribution in [0.1, 0.15) is 37.7 Å². The largest absolute Gasteiger partial charge is 0.439 e. The molecule has 2 aromatic rings. The molecule has 7 heteroatoms. The lowest BCUT2D eigenvalue weighted by Crippen LogP contribution is -2.33. The van der Waals surface area contributed by atoms with E-state index in [1.807, 2.05) is 0 Å². The van der Waals surface area contributed by atoms with Crippen molar-refractivity contribution < 1.29 is 18.7 Å². The molecule has 1 saturated carbocycles. The molecule has 1 heterocycles. The van der Waals surface area contributed by atoms with Gasteiger partial charge in [0.2, 0.25) is 17.7 Å². The fraction of sp³-hybridized carbons (Fsp3) is 0.381. The molecule has 148 valence electrons. The number of carbonyl (C=O) groups excluding carboxylic acids is 2. The molecule has 1 fully saturated rings. The quantitative estimate of drug-likeness (QED) is 0.730. The number of benzene rings is 1. The van der Waals surface area contributed by atoms with Gasteiger partial charge in [0.15, 0.2) is 0 Å². The Morgan fingerprint density at radius 1 is 1.14 bits per heavy atom. The van der Waals surface area contributed by atoms with Gasteiger partial charge in [-0.3, -0.25) is 9.59 Å². The van der Waals surface area contributed by atoms with Crippen molar-refractivity contribution in [3.63, 3.8) is 0 Å². The van der Waals surface area contributed by atoms with Gasteiger partial charge in [-0.25, -0.2) is 9.37 Å². The Bertz CT molecular complexity index is 822.